The number of aliphatic hydroxyl groups excluding tert-OH is 1. The molecule has 0 saturated carbocycles. The number of likely N-dealkylation sites (N-methyl/N-ethyl adjacent to an activating group) is 1. The molecular formula is C26H33N3O5S. The summed E-state index contributed by atoms with van der Waals surface area (Å²) in [6.45, 7) is 7.56. The molecule has 3 rings (SSSR count). The van der Waals surface area contributed by atoms with E-state index in [-0.39, 0.29) is 48.1 Å². The molecule has 0 unspecified atom stereocenters. The van der Waals surface area contributed by atoms with Crippen molar-refractivity contribution in [2.24, 2.45) is 11.8 Å². The Morgan fingerprint density at radius 3 is 2.69 bits per heavy atom. The van der Waals surface area contributed by atoms with Crippen LogP contribution in [0.15, 0.2) is 47.6 Å². The third-order valence-corrected chi connectivity index (χ3v) is 7.90. The maximum absolute atomic E-state index is 13.5. The first-order valence-corrected chi connectivity index (χ1v) is 13.1. The van der Waals surface area contributed by atoms with Crippen LogP contribution < -0.4 is 4.74 Å². The van der Waals surface area contributed by atoms with Crippen molar-refractivity contribution in [3.8, 4) is 17.6 Å². The SMILES string of the molecule is CC(C)C#Cc1ccc2c(c1)O[C@@H](CN(C)C(=O)c1cccnc1)[C@@H](C)CN([C@H](C)CO)S2(=O)=O. The smallest absolute Gasteiger partial charge is 0.255 e. The molecular weight excluding hydrogens is 466 g/mol. The summed E-state index contributed by atoms with van der Waals surface area (Å²) in [4.78, 5) is 18.5. The number of benzene rings is 1. The van der Waals surface area contributed by atoms with Crippen molar-refractivity contribution >= 4 is 15.9 Å². The first kappa shape index (κ1) is 26.7. The van der Waals surface area contributed by atoms with Crippen molar-refractivity contribution in [3.05, 3.63) is 53.9 Å². The topological polar surface area (TPSA) is 100 Å². The predicted molar refractivity (Wildman–Crippen MR) is 133 cm³/mol. The molecule has 1 aliphatic rings. The van der Waals surface area contributed by atoms with Crippen LogP contribution in [-0.4, -0.2) is 72.5 Å². The number of hydrogen-bond donors (Lipinski definition) is 1. The molecule has 0 radical (unpaired) electrons. The fourth-order valence-corrected chi connectivity index (χ4v) is 5.64. The number of nitrogens with zero attached hydrogens (tertiary/aromatic N) is 3. The van der Waals surface area contributed by atoms with Gasteiger partial charge in [0.15, 0.2) is 0 Å². The number of pyridine rings is 1. The van der Waals surface area contributed by atoms with Crippen LogP contribution in [-0.2, 0) is 10.0 Å². The number of ether oxygens (including phenoxy) is 1. The average molecular weight is 500 g/mol. The highest BCUT2D eigenvalue weighted by Gasteiger charge is 2.38. The number of sulfonamides is 1. The molecule has 0 aliphatic carbocycles. The second-order valence-corrected chi connectivity index (χ2v) is 11.1. The van der Waals surface area contributed by atoms with Gasteiger partial charge in [-0.1, -0.05) is 32.6 Å². The summed E-state index contributed by atoms with van der Waals surface area (Å²) in [5.74, 6) is 6.00. The highest BCUT2D eigenvalue weighted by molar-refractivity contribution is 7.89. The zero-order valence-electron chi connectivity index (χ0n) is 20.8. The number of hydrogen-bond acceptors (Lipinski definition) is 6. The van der Waals surface area contributed by atoms with E-state index in [1.165, 1.54) is 16.6 Å². The van der Waals surface area contributed by atoms with Crippen LogP contribution in [0, 0.1) is 23.7 Å². The average Bonchev–Trinajstić information content (AvgIpc) is 2.84. The summed E-state index contributed by atoms with van der Waals surface area (Å²) < 4.78 is 34.7. The number of carbonyl (C=O) groups excluding carboxylic acids is 1. The Kier molecular flexibility index (Phi) is 8.54. The number of amides is 1. The summed E-state index contributed by atoms with van der Waals surface area (Å²) in [6.07, 6.45) is 2.61. The molecule has 3 atom stereocenters. The van der Waals surface area contributed by atoms with Gasteiger partial charge in [0.1, 0.15) is 16.7 Å². The van der Waals surface area contributed by atoms with E-state index >= 15 is 0 Å². The second kappa shape index (κ2) is 11.2. The molecule has 2 heterocycles. The Balaban J connectivity index is 2.02. The number of carbonyl (C=O) groups is 1. The molecule has 9 heteroatoms. The summed E-state index contributed by atoms with van der Waals surface area (Å²) in [5, 5.41) is 9.78. The summed E-state index contributed by atoms with van der Waals surface area (Å²) in [6, 6.07) is 7.58. The normalized spacial score (nSPS) is 20.4. The van der Waals surface area contributed by atoms with Gasteiger partial charge in [-0.25, -0.2) is 8.42 Å². The molecule has 0 fully saturated rings. The van der Waals surface area contributed by atoms with Crippen molar-refractivity contribution in [2.75, 3.05) is 26.7 Å². The standard InChI is InChI=1S/C26H33N3O5S/c1-18(2)8-9-21-10-11-25-23(13-21)34-24(16-28(5)26(31)22-7-6-12-27-14-22)19(3)15-29(20(4)17-30)35(25,32)33/h6-7,10-14,18-20,24,30H,15-17H2,1-5H3/t19-,20+,24-/m0/s1. The summed E-state index contributed by atoms with van der Waals surface area (Å²) in [7, 11) is -2.25. The van der Waals surface area contributed by atoms with Crippen LogP contribution in [0.5, 0.6) is 5.75 Å². The number of aromatic nitrogens is 1. The van der Waals surface area contributed by atoms with Crippen molar-refractivity contribution < 1.29 is 23.1 Å². The van der Waals surface area contributed by atoms with Crippen molar-refractivity contribution in [1.29, 1.82) is 0 Å². The molecule has 35 heavy (non-hydrogen) atoms. The van der Waals surface area contributed by atoms with Crippen LogP contribution in [0.1, 0.15) is 43.6 Å². The lowest BCUT2D eigenvalue weighted by atomic mass is 10.0. The molecule has 188 valence electrons. The molecule has 2 aromatic rings. The third-order valence-electron chi connectivity index (χ3n) is 5.88. The minimum absolute atomic E-state index is 0.0195. The van der Waals surface area contributed by atoms with Gasteiger partial charge < -0.3 is 14.7 Å². The van der Waals surface area contributed by atoms with E-state index in [0.29, 0.717) is 11.1 Å². The van der Waals surface area contributed by atoms with Crippen molar-refractivity contribution in [1.82, 2.24) is 14.2 Å². The third kappa shape index (κ3) is 6.20. The lowest BCUT2D eigenvalue weighted by molar-refractivity contribution is 0.0563. The summed E-state index contributed by atoms with van der Waals surface area (Å²) in [5.41, 5.74) is 1.10. The highest BCUT2D eigenvalue weighted by atomic mass is 32.2. The van der Waals surface area contributed by atoms with E-state index in [1.54, 1.807) is 49.3 Å². The monoisotopic (exact) mass is 499 g/mol. The Morgan fingerprint density at radius 2 is 2.06 bits per heavy atom. The Hall–Kier alpha value is -2.93. The number of aliphatic hydroxyl groups is 1. The van der Waals surface area contributed by atoms with Gasteiger partial charge in [0.05, 0.1) is 18.7 Å². The molecule has 1 N–H and O–H groups in total. The minimum atomic E-state index is -3.93. The van der Waals surface area contributed by atoms with E-state index in [2.05, 4.69) is 16.8 Å². The van der Waals surface area contributed by atoms with Gasteiger partial charge in [0, 0.05) is 49.4 Å². The number of rotatable bonds is 5. The van der Waals surface area contributed by atoms with Crippen LogP contribution in [0.3, 0.4) is 0 Å². The van der Waals surface area contributed by atoms with Gasteiger partial charge in [0.2, 0.25) is 10.0 Å². The quantitative estimate of drug-likeness (QED) is 0.635. The maximum atomic E-state index is 13.5. The number of fused-ring (bicyclic) bond motifs is 1. The van der Waals surface area contributed by atoms with Gasteiger partial charge in [-0.05, 0) is 37.3 Å². The lowest BCUT2D eigenvalue weighted by Crippen LogP contribution is -2.50. The van der Waals surface area contributed by atoms with Gasteiger partial charge in [-0.2, -0.15) is 4.31 Å². The fourth-order valence-electron chi connectivity index (χ4n) is 3.81. The fraction of sp³-hybridized carbons (Fsp3) is 0.462. The maximum Gasteiger partial charge on any atom is 0.255 e. The predicted octanol–water partition coefficient (Wildman–Crippen LogP) is 2.63. The van der Waals surface area contributed by atoms with Gasteiger partial charge in [-0.15, -0.1) is 0 Å². The molecule has 8 nitrogen and oxygen atoms in total. The van der Waals surface area contributed by atoms with Crippen LogP contribution in [0.4, 0.5) is 0 Å². The molecule has 1 amide bonds. The van der Waals surface area contributed by atoms with Gasteiger partial charge in [-0.3, -0.25) is 9.78 Å². The molecule has 0 saturated heterocycles. The second-order valence-electron chi connectivity index (χ2n) is 9.25. The van der Waals surface area contributed by atoms with E-state index in [4.69, 9.17) is 4.74 Å². The van der Waals surface area contributed by atoms with Crippen LogP contribution in [0.2, 0.25) is 0 Å². The molecule has 1 aromatic heterocycles. The van der Waals surface area contributed by atoms with E-state index < -0.39 is 22.2 Å². The highest BCUT2D eigenvalue weighted by Crippen LogP contribution is 2.34. The molecule has 1 aliphatic heterocycles. The first-order valence-electron chi connectivity index (χ1n) is 11.6. The van der Waals surface area contributed by atoms with Crippen LogP contribution in [0.25, 0.3) is 0 Å². The first-order chi connectivity index (χ1) is 16.5. The Bertz CT molecular complexity index is 1200. The van der Waals surface area contributed by atoms with E-state index in [9.17, 15) is 18.3 Å². The molecule has 1 aromatic carbocycles. The summed E-state index contributed by atoms with van der Waals surface area (Å²) >= 11 is 0. The van der Waals surface area contributed by atoms with Crippen molar-refractivity contribution in [3.63, 3.8) is 0 Å². The molecule has 0 spiro atoms. The zero-order valence-corrected chi connectivity index (χ0v) is 21.6. The zero-order chi connectivity index (χ0) is 25.8. The Labute approximate surface area is 208 Å². The Morgan fingerprint density at radius 1 is 1.31 bits per heavy atom. The lowest BCUT2D eigenvalue weighted by Gasteiger charge is -2.37. The van der Waals surface area contributed by atoms with Crippen molar-refractivity contribution in [2.45, 2.75) is 44.7 Å². The van der Waals surface area contributed by atoms with Gasteiger partial charge >= 0.3 is 0 Å². The van der Waals surface area contributed by atoms with Gasteiger partial charge in [0.25, 0.3) is 5.91 Å². The minimum Gasteiger partial charge on any atom is -0.487 e. The largest absolute Gasteiger partial charge is 0.487 e. The van der Waals surface area contributed by atoms with E-state index in [0.717, 1.165) is 0 Å². The molecule has 0 bridgehead atoms. The van der Waals surface area contributed by atoms with E-state index in [1.807, 2.05) is 20.8 Å². The van der Waals surface area contributed by atoms with Crippen LogP contribution >= 0.6 is 0 Å².